The van der Waals surface area contributed by atoms with Crippen molar-refractivity contribution in [2.24, 2.45) is 4.40 Å². The number of nitrogens with one attached hydrogen (secondary N) is 1. The van der Waals surface area contributed by atoms with Gasteiger partial charge in [-0.3, -0.25) is 14.5 Å². The summed E-state index contributed by atoms with van der Waals surface area (Å²) in [7, 11) is -3.99. The molecule has 1 N–H and O–H groups in total. The number of carbonyl (C=O) groups excluding carboxylic acids is 2. The number of anilines is 1. The molecule has 9 heteroatoms. The third-order valence-corrected chi connectivity index (χ3v) is 6.93. The Hall–Kier alpha value is -2.91. The molecule has 30 heavy (non-hydrogen) atoms. The van der Waals surface area contributed by atoms with Crippen molar-refractivity contribution in [2.75, 3.05) is 11.9 Å². The van der Waals surface area contributed by atoms with Crippen LogP contribution in [-0.4, -0.2) is 42.1 Å². The number of carbonyl (C=O) groups is 2. The normalized spacial score (nSPS) is 17.9. The number of aryl methyl sites for hydroxylation is 1. The predicted octanol–water partition coefficient (Wildman–Crippen LogP) is 3.20. The lowest BCUT2D eigenvalue weighted by atomic mass is 10.2. The molecule has 2 amide bonds. The number of rotatable bonds is 7. The minimum absolute atomic E-state index is 0.0323. The monoisotopic (exact) mass is 443 g/mol. The van der Waals surface area contributed by atoms with Crippen molar-refractivity contribution in [3.63, 3.8) is 0 Å². The summed E-state index contributed by atoms with van der Waals surface area (Å²) in [4.78, 5) is 26.5. The van der Waals surface area contributed by atoms with Gasteiger partial charge in [0.2, 0.25) is 11.8 Å². The van der Waals surface area contributed by atoms with Crippen LogP contribution in [0.5, 0.6) is 0 Å². The average molecular weight is 444 g/mol. The predicted molar refractivity (Wildman–Crippen MR) is 119 cm³/mol. The molecule has 0 saturated carbocycles. The van der Waals surface area contributed by atoms with Crippen molar-refractivity contribution >= 4 is 44.5 Å². The molecule has 0 aliphatic carbocycles. The summed E-state index contributed by atoms with van der Waals surface area (Å²) in [6.07, 6.45) is 1.38. The second-order valence-electron chi connectivity index (χ2n) is 6.57. The highest BCUT2D eigenvalue weighted by Crippen LogP contribution is 2.31. The van der Waals surface area contributed by atoms with Gasteiger partial charge in [-0.05, 0) is 30.7 Å². The number of benzene rings is 2. The lowest BCUT2D eigenvalue weighted by Crippen LogP contribution is -2.34. The lowest BCUT2D eigenvalue weighted by Gasteiger charge is -2.14. The van der Waals surface area contributed by atoms with Gasteiger partial charge in [0.05, 0.1) is 4.90 Å². The third kappa shape index (κ3) is 4.98. The molecule has 1 aliphatic heterocycles. The second-order valence-corrected chi connectivity index (χ2v) is 9.35. The van der Waals surface area contributed by atoms with E-state index >= 15 is 0 Å². The summed E-state index contributed by atoms with van der Waals surface area (Å²) in [6, 6.07) is 15.1. The summed E-state index contributed by atoms with van der Waals surface area (Å²) in [5.74, 6) is -0.706. The summed E-state index contributed by atoms with van der Waals surface area (Å²) in [5.41, 5.74) is 1.57. The van der Waals surface area contributed by atoms with Gasteiger partial charge in [0.25, 0.3) is 10.0 Å². The molecular formula is C21H21N3O4S2. The second kappa shape index (κ2) is 9.27. The highest BCUT2D eigenvalue weighted by molar-refractivity contribution is 8.16. The maximum atomic E-state index is 12.8. The smallest absolute Gasteiger partial charge is 0.284 e. The van der Waals surface area contributed by atoms with Crippen LogP contribution in [0.25, 0.3) is 0 Å². The Morgan fingerprint density at radius 1 is 1.20 bits per heavy atom. The molecule has 0 aromatic heterocycles. The summed E-state index contributed by atoms with van der Waals surface area (Å²) in [6.45, 7) is 5.59. The van der Waals surface area contributed by atoms with Crippen molar-refractivity contribution in [3.05, 3.63) is 72.8 Å². The van der Waals surface area contributed by atoms with Gasteiger partial charge >= 0.3 is 0 Å². The summed E-state index contributed by atoms with van der Waals surface area (Å²) in [5, 5.41) is 2.07. The first kappa shape index (κ1) is 21.8. The van der Waals surface area contributed by atoms with Gasteiger partial charge in [-0.25, -0.2) is 0 Å². The molecule has 2 aromatic rings. The standard InChI is InChI=1S/C21H21N3O4S2/c1-3-13-24-20(26)18(14-19(25)22-17-12-8-7-9-15(17)2)29-21(24)23-30(27,28)16-10-5-4-6-11-16/h3-12,18H,1,13-14H2,2H3,(H,22,25). The fourth-order valence-electron chi connectivity index (χ4n) is 2.84. The van der Waals surface area contributed by atoms with Crippen LogP contribution in [0.4, 0.5) is 5.69 Å². The van der Waals surface area contributed by atoms with Crippen LogP contribution in [0.2, 0.25) is 0 Å². The van der Waals surface area contributed by atoms with E-state index in [9.17, 15) is 18.0 Å². The Bertz CT molecular complexity index is 1100. The fraction of sp³-hybridized carbons (Fsp3) is 0.190. The van der Waals surface area contributed by atoms with Crippen molar-refractivity contribution in [2.45, 2.75) is 23.5 Å². The molecule has 1 atom stereocenters. The number of amides is 2. The zero-order valence-electron chi connectivity index (χ0n) is 16.3. The molecule has 1 unspecified atom stereocenters. The van der Waals surface area contributed by atoms with E-state index in [1.807, 2.05) is 25.1 Å². The highest BCUT2D eigenvalue weighted by atomic mass is 32.2. The molecule has 7 nitrogen and oxygen atoms in total. The number of para-hydroxylation sites is 1. The minimum atomic E-state index is -3.99. The molecule has 0 bridgehead atoms. The van der Waals surface area contributed by atoms with Crippen LogP contribution in [-0.2, 0) is 19.6 Å². The molecule has 3 rings (SSSR count). The summed E-state index contributed by atoms with van der Waals surface area (Å²) >= 11 is 0.970. The third-order valence-electron chi connectivity index (χ3n) is 4.36. The van der Waals surface area contributed by atoms with Gasteiger partial charge in [-0.2, -0.15) is 8.42 Å². The lowest BCUT2D eigenvalue weighted by molar-refractivity contribution is -0.127. The van der Waals surface area contributed by atoms with E-state index < -0.39 is 15.3 Å². The Morgan fingerprint density at radius 2 is 1.87 bits per heavy atom. The first-order chi connectivity index (χ1) is 14.3. The summed E-state index contributed by atoms with van der Waals surface area (Å²) < 4.78 is 29.1. The van der Waals surface area contributed by atoms with E-state index in [4.69, 9.17) is 0 Å². The Kier molecular flexibility index (Phi) is 6.73. The Morgan fingerprint density at radius 3 is 2.53 bits per heavy atom. The maximum Gasteiger partial charge on any atom is 0.284 e. The van der Waals surface area contributed by atoms with E-state index in [2.05, 4.69) is 16.3 Å². The van der Waals surface area contributed by atoms with Crippen LogP contribution in [0.15, 0.2) is 76.5 Å². The molecular weight excluding hydrogens is 422 g/mol. The average Bonchev–Trinajstić information content (AvgIpc) is 2.99. The Balaban J connectivity index is 1.80. The topological polar surface area (TPSA) is 95.9 Å². The molecule has 0 radical (unpaired) electrons. The molecule has 1 fully saturated rings. The quantitative estimate of drug-likeness (QED) is 0.663. The molecule has 1 saturated heterocycles. The minimum Gasteiger partial charge on any atom is -0.326 e. The van der Waals surface area contributed by atoms with Crippen molar-refractivity contribution in [3.8, 4) is 0 Å². The molecule has 2 aromatic carbocycles. The number of nitrogens with zero attached hydrogens (tertiary/aromatic N) is 2. The van der Waals surface area contributed by atoms with Gasteiger partial charge < -0.3 is 5.32 Å². The molecule has 1 heterocycles. The molecule has 156 valence electrons. The number of amidine groups is 1. The number of sulfonamides is 1. The number of hydrogen-bond acceptors (Lipinski definition) is 5. The zero-order valence-corrected chi connectivity index (χ0v) is 17.9. The van der Waals surface area contributed by atoms with Crippen LogP contribution < -0.4 is 5.32 Å². The molecule has 0 spiro atoms. The number of thioether (sulfide) groups is 1. The van der Waals surface area contributed by atoms with Gasteiger partial charge in [-0.15, -0.1) is 11.0 Å². The maximum absolute atomic E-state index is 12.8. The van der Waals surface area contributed by atoms with Crippen LogP contribution in [0.1, 0.15) is 12.0 Å². The van der Waals surface area contributed by atoms with E-state index in [1.54, 1.807) is 24.3 Å². The largest absolute Gasteiger partial charge is 0.326 e. The van der Waals surface area contributed by atoms with Crippen LogP contribution >= 0.6 is 11.8 Å². The Labute approximate surface area is 179 Å². The van der Waals surface area contributed by atoms with Crippen molar-refractivity contribution in [1.29, 1.82) is 0 Å². The first-order valence-electron chi connectivity index (χ1n) is 9.16. The number of hydrogen-bond donors (Lipinski definition) is 1. The zero-order chi connectivity index (χ0) is 21.7. The van der Waals surface area contributed by atoms with Gasteiger partial charge in [0.1, 0.15) is 5.25 Å². The first-order valence-corrected chi connectivity index (χ1v) is 11.5. The van der Waals surface area contributed by atoms with E-state index in [1.165, 1.54) is 23.1 Å². The van der Waals surface area contributed by atoms with E-state index in [-0.39, 0.29) is 34.8 Å². The van der Waals surface area contributed by atoms with Gasteiger partial charge in [0, 0.05) is 18.7 Å². The van der Waals surface area contributed by atoms with Crippen LogP contribution in [0, 0.1) is 6.92 Å². The van der Waals surface area contributed by atoms with Crippen LogP contribution in [0.3, 0.4) is 0 Å². The molecule has 1 aliphatic rings. The van der Waals surface area contributed by atoms with Crippen molar-refractivity contribution in [1.82, 2.24) is 4.90 Å². The highest BCUT2D eigenvalue weighted by Gasteiger charge is 2.39. The van der Waals surface area contributed by atoms with E-state index in [0.717, 1.165) is 17.3 Å². The van der Waals surface area contributed by atoms with Gasteiger partial charge in [0.15, 0.2) is 5.17 Å². The van der Waals surface area contributed by atoms with Gasteiger partial charge in [-0.1, -0.05) is 54.2 Å². The SMILES string of the molecule is C=CCN1C(=O)C(CC(=O)Nc2ccccc2C)SC1=NS(=O)(=O)c1ccccc1. The fourth-order valence-corrected chi connectivity index (χ4v) is 5.22. The van der Waals surface area contributed by atoms with Crippen molar-refractivity contribution < 1.29 is 18.0 Å². The van der Waals surface area contributed by atoms with E-state index in [0.29, 0.717) is 5.69 Å².